The standard InChI is InChI=1S/C15H19ClN2O2S2/c1-4-5-10-18(3)15-17-14(13(16)21-15)22(19,20)12-8-6-11(2)7-9-12/h6-9H,4-5,10H2,1-3H3. The first-order chi connectivity index (χ1) is 10.4. The van der Waals surface area contributed by atoms with Crippen LogP contribution < -0.4 is 4.90 Å². The number of sulfone groups is 1. The fraction of sp³-hybridized carbons (Fsp3) is 0.400. The Morgan fingerprint density at radius 1 is 1.27 bits per heavy atom. The minimum absolute atomic E-state index is 0.0543. The molecule has 4 nitrogen and oxygen atoms in total. The van der Waals surface area contributed by atoms with Gasteiger partial charge in [-0.3, -0.25) is 0 Å². The highest BCUT2D eigenvalue weighted by molar-refractivity contribution is 7.91. The predicted octanol–water partition coefficient (Wildman–Crippen LogP) is 4.17. The molecule has 0 fully saturated rings. The van der Waals surface area contributed by atoms with E-state index in [-0.39, 0.29) is 14.3 Å². The highest BCUT2D eigenvalue weighted by Crippen LogP contribution is 2.35. The molecule has 22 heavy (non-hydrogen) atoms. The molecule has 0 amide bonds. The van der Waals surface area contributed by atoms with Crippen molar-refractivity contribution in [3.63, 3.8) is 0 Å². The van der Waals surface area contributed by atoms with Gasteiger partial charge in [0, 0.05) is 13.6 Å². The number of hydrogen-bond acceptors (Lipinski definition) is 5. The van der Waals surface area contributed by atoms with Crippen molar-refractivity contribution in [1.82, 2.24) is 4.98 Å². The first kappa shape index (κ1) is 17.2. The molecule has 0 aliphatic rings. The van der Waals surface area contributed by atoms with Crippen LogP contribution in [0.3, 0.4) is 0 Å². The van der Waals surface area contributed by atoms with Gasteiger partial charge in [-0.1, -0.05) is 54.0 Å². The van der Waals surface area contributed by atoms with E-state index in [1.807, 2.05) is 18.9 Å². The van der Waals surface area contributed by atoms with Crippen molar-refractivity contribution in [1.29, 1.82) is 0 Å². The second kappa shape index (κ2) is 6.98. The Balaban J connectivity index is 2.36. The first-order valence-electron chi connectivity index (χ1n) is 7.05. The highest BCUT2D eigenvalue weighted by Gasteiger charge is 2.26. The monoisotopic (exact) mass is 358 g/mol. The van der Waals surface area contributed by atoms with E-state index in [2.05, 4.69) is 11.9 Å². The lowest BCUT2D eigenvalue weighted by Gasteiger charge is -2.14. The third kappa shape index (κ3) is 3.62. The number of aryl methyl sites for hydroxylation is 1. The fourth-order valence-corrected chi connectivity index (χ4v) is 4.81. The molecule has 7 heteroatoms. The normalized spacial score (nSPS) is 11.6. The van der Waals surface area contributed by atoms with Crippen LogP contribution in [0.5, 0.6) is 0 Å². The Hall–Kier alpha value is -1.11. The van der Waals surface area contributed by atoms with Crippen molar-refractivity contribution in [2.24, 2.45) is 0 Å². The third-order valence-corrected chi connectivity index (χ3v) is 6.61. The number of thiazole rings is 1. The van der Waals surface area contributed by atoms with E-state index in [1.165, 1.54) is 11.3 Å². The molecule has 120 valence electrons. The van der Waals surface area contributed by atoms with E-state index in [4.69, 9.17) is 11.6 Å². The van der Waals surface area contributed by atoms with Gasteiger partial charge in [0.15, 0.2) is 10.2 Å². The van der Waals surface area contributed by atoms with Gasteiger partial charge in [-0.2, -0.15) is 0 Å². The Kier molecular flexibility index (Phi) is 5.47. The van der Waals surface area contributed by atoms with Crippen LogP contribution >= 0.6 is 22.9 Å². The molecule has 0 spiro atoms. The molecule has 0 saturated carbocycles. The van der Waals surface area contributed by atoms with Crippen LogP contribution in [0, 0.1) is 6.92 Å². The summed E-state index contributed by atoms with van der Waals surface area (Å²) in [7, 11) is -1.78. The van der Waals surface area contributed by atoms with Crippen LogP contribution in [0.2, 0.25) is 4.34 Å². The molecule has 2 aromatic rings. The van der Waals surface area contributed by atoms with E-state index in [9.17, 15) is 8.42 Å². The molecule has 2 rings (SSSR count). The number of aromatic nitrogens is 1. The van der Waals surface area contributed by atoms with Gasteiger partial charge in [0.05, 0.1) is 4.90 Å². The summed E-state index contributed by atoms with van der Waals surface area (Å²) in [6.07, 6.45) is 2.09. The smallest absolute Gasteiger partial charge is 0.226 e. The highest BCUT2D eigenvalue weighted by atomic mass is 35.5. The van der Waals surface area contributed by atoms with E-state index >= 15 is 0 Å². The van der Waals surface area contributed by atoms with E-state index < -0.39 is 9.84 Å². The number of unbranched alkanes of at least 4 members (excludes halogenated alkanes) is 1. The first-order valence-corrected chi connectivity index (χ1v) is 9.73. The minimum atomic E-state index is -3.68. The Labute approximate surface area is 140 Å². The van der Waals surface area contributed by atoms with Crippen LogP contribution in [-0.2, 0) is 9.84 Å². The zero-order valence-electron chi connectivity index (χ0n) is 12.8. The van der Waals surface area contributed by atoms with Gasteiger partial charge in [-0.25, -0.2) is 13.4 Å². The lowest BCUT2D eigenvalue weighted by Crippen LogP contribution is -2.18. The maximum Gasteiger partial charge on any atom is 0.226 e. The summed E-state index contributed by atoms with van der Waals surface area (Å²) in [5, 5.41) is 0.575. The topological polar surface area (TPSA) is 50.3 Å². The van der Waals surface area contributed by atoms with Crippen LogP contribution in [0.4, 0.5) is 5.13 Å². The zero-order valence-corrected chi connectivity index (χ0v) is 15.2. The van der Waals surface area contributed by atoms with Gasteiger partial charge in [0.1, 0.15) is 4.34 Å². The van der Waals surface area contributed by atoms with Crippen molar-refractivity contribution in [3.05, 3.63) is 34.2 Å². The summed E-state index contributed by atoms with van der Waals surface area (Å²) in [4.78, 5) is 6.41. The molecule has 0 radical (unpaired) electrons. The number of rotatable bonds is 6. The zero-order chi connectivity index (χ0) is 16.3. The summed E-state index contributed by atoms with van der Waals surface area (Å²) < 4.78 is 25.5. The summed E-state index contributed by atoms with van der Waals surface area (Å²) in [5.41, 5.74) is 1.00. The van der Waals surface area contributed by atoms with Crippen molar-refractivity contribution < 1.29 is 8.42 Å². The number of benzene rings is 1. The van der Waals surface area contributed by atoms with E-state index in [0.717, 1.165) is 24.9 Å². The summed E-state index contributed by atoms with van der Waals surface area (Å²) in [6.45, 7) is 4.84. The predicted molar refractivity (Wildman–Crippen MR) is 91.9 cm³/mol. The summed E-state index contributed by atoms with van der Waals surface area (Å²) in [6, 6.07) is 6.70. The quantitative estimate of drug-likeness (QED) is 0.777. The lowest BCUT2D eigenvalue weighted by atomic mass is 10.2. The minimum Gasteiger partial charge on any atom is -0.351 e. The molecule has 0 aliphatic heterocycles. The SMILES string of the molecule is CCCCN(C)c1nc(S(=O)(=O)c2ccc(C)cc2)c(Cl)s1. The molecule has 1 heterocycles. The average molecular weight is 359 g/mol. The van der Waals surface area contributed by atoms with Crippen molar-refractivity contribution >= 4 is 37.9 Å². The van der Waals surface area contributed by atoms with E-state index in [1.54, 1.807) is 24.3 Å². The summed E-state index contributed by atoms with van der Waals surface area (Å²) >= 11 is 7.34. The number of anilines is 1. The molecule has 1 aromatic heterocycles. The van der Waals surface area contributed by atoms with Crippen molar-refractivity contribution in [2.45, 2.75) is 36.6 Å². The maximum atomic E-state index is 12.7. The molecule has 0 N–H and O–H groups in total. The van der Waals surface area contributed by atoms with Crippen molar-refractivity contribution in [3.8, 4) is 0 Å². The lowest BCUT2D eigenvalue weighted by molar-refractivity contribution is 0.593. The number of nitrogens with zero attached hydrogens (tertiary/aromatic N) is 2. The van der Waals surface area contributed by atoms with Crippen LogP contribution in [0.1, 0.15) is 25.3 Å². The second-order valence-electron chi connectivity index (χ2n) is 5.17. The molecule has 0 bridgehead atoms. The van der Waals surface area contributed by atoms with Gasteiger partial charge in [-0.15, -0.1) is 0 Å². The number of hydrogen-bond donors (Lipinski definition) is 0. The Bertz CT molecular complexity index is 739. The molecule has 0 aliphatic carbocycles. The van der Waals surface area contributed by atoms with Gasteiger partial charge < -0.3 is 4.90 Å². The van der Waals surface area contributed by atoms with Crippen molar-refractivity contribution in [2.75, 3.05) is 18.5 Å². The molecule has 0 unspecified atom stereocenters. The molecular weight excluding hydrogens is 340 g/mol. The largest absolute Gasteiger partial charge is 0.351 e. The van der Waals surface area contributed by atoms with Gasteiger partial charge in [-0.05, 0) is 25.5 Å². The average Bonchev–Trinajstić information content (AvgIpc) is 2.88. The Morgan fingerprint density at radius 2 is 1.91 bits per heavy atom. The van der Waals surface area contributed by atoms with Crippen LogP contribution in [-0.4, -0.2) is 27.0 Å². The molecular formula is C15H19ClN2O2S2. The molecule has 0 saturated heterocycles. The Morgan fingerprint density at radius 3 is 2.50 bits per heavy atom. The molecule has 0 atom stereocenters. The van der Waals surface area contributed by atoms with Gasteiger partial charge >= 0.3 is 0 Å². The fourth-order valence-electron chi connectivity index (χ4n) is 1.93. The number of halogens is 1. The molecule has 1 aromatic carbocycles. The summed E-state index contributed by atoms with van der Waals surface area (Å²) in [5.74, 6) is 0. The van der Waals surface area contributed by atoms with Crippen LogP contribution in [0.25, 0.3) is 0 Å². The third-order valence-electron chi connectivity index (χ3n) is 3.31. The van der Waals surface area contributed by atoms with Gasteiger partial charge in [0.25, 0.3) is 0 Å². The second-order valence-corrected chi connectivity index (χ2v) is 8.61. The maximum absolute atomic E-state index is 12.7. The van der Waals surface area contributed by atoms with Crippen LogP contribution in [0.15, 0.2) is 34.2 Å². The van der Waals surface area contributed by atoms with Gasteiger partial charge in [0.2, 0.25) is 9.84 Å². The van der Waals surface area contributed by atoms with E-state index in [0.29, 0.717) is 5.13 Å².